The zero-order chi connectivity index (χ0) is 10.7. The normalized spacial score (nSPS) is 17.2. The van der Waals surface area contributed by atoms with Gasteiger partial charge in [0.2, 0.25) is 0 Å². The highest BCUT2D eigenvalue weighted by Crippen LogP contribution is 2.59. The Labute approximate surface area is 81.0 Å². The Morgan fingerprint density at radius 1 is 1.38 bits per heavy atom. The predicted molar refractivity (Wildman–Crippen MR) is 54.0 cm³/mol. The number of hydrogen-bond donors (Lipinski definition) is 0. The lowest BCUT2D eigenvalue weighted by Crippen LogP contribution is -2.35. The number of hydrogen-bond acceptors (Lipinski definition) is 2. The molecule has 0 saturated heterocycles. The first-order valence-electron chi connectivity index (χ1n) is 4.05. The molecule has 1 atom stereocenters. The van der Waals surface area contributed by atoms with Crippen molar-refractivity contribution in [1.29, 1.82) is 10.5 Å². The standard InChI is InChI=1S/C9H15FN2S/c1-5-9(2,13(3,4)10)8(6-11)7-12/h8H,5H2,1-4H3. The van der Waals surface area contributed by atoms with Crippen LogP contribution in [0.3, 0.4) is 0 Å². The molecule has 0 amide bonds. The van der Waals surface area contributed by atoms with Crippen molar-refractivity contribution in [3.05, 3.63) is 0 Å². The summed E-state index contributed by atoms with van der Waals surface area (Å²) < 4.78 is 13.0. The van der Waals surface area contributed by atoms with Crippen LogP contribution in [-0.4, -0.2) is 17.3 Å². The molecule has 0 aliphatic rings. The zero-order valence-corrected chi connectivity index (χ0v) is 9.28. The molecule has 1 unspecified atom stereocenters. The molecule has 0 aromatic carbocycles. The zero-order valence-electron chi connectivity index (χ0n) is 8.47. The summed E-state index contributed by atoms with van der Waals surface area (Å²) in [4.78, 5) is 0. The molecule has 2 nitrogen and oxygen atoms in total. The second-order valence-electron chi connectivity index (χ2n) is 3.56. The van der Waals surface area contributed by atoms with Gasteiger partial charge >= 0.3 is 0 Å². The van der Waals surface area contributed by atoms with E-state index in [1.807, 2.05) is 19.1 Å². The number of halogens is 1. The van der Waals surface area contributed by atoms with Crippen molar-refractivity contribution in [2.75, 3.05) is 12.5 Å². The van der Waals surface area contributed by atoms with Crippen molar-refractivity contribution >= 4 is 10.4 Å². The quantitative estimate of drug-likeness (QED) is 0.706. The van der Waals surface area contributed by atoms with Gasteiger partial charge in [-0.15, -0.1) is 0 Å². The number of rotatable bonds is 3. The molecule has 4 heteroatoms. The Morgan fingerprint density at radius 3 is 1.85 bits per heavy atom. The van der Waals surface area contributed by atoms with Crippen LogP contribution >= 0.6 is 10.4 Å². The fourth-order valence-electron chi connectivity index (χ4n) is 1.13. The lowest BCUT2D eigenvalue weighted by Gasteiger charge is -2.42. The molecule has 0 bridgehead atoms. The van der Waals surface area contributed by atoms with E-state index in [4.69, 9.17) is 10.5 Å². The molecule has 13 heavy (non-hydrogen) atoms. The lowest BCUT2D eigenvalue weighted by molar-refractivity contribution is 0.527. The molecule has 0 fully saturated rings. The minimum atomic E-state index is -2.38. The van der Waals surface area contributed by atoms with E-state index in [9.17, 15) is 3.89 Å². The van der Waals surface area contributed by atoms with Crippen LogP contribution in [0.15, 0.2) is 0 Å². The molecule has 0 heterocycles. The van der Waals surface area contributed by atoms with Crippen LogP contribution in [0.2, 0.25) is 0 Å². The molecular formula is C9H15FN2S. The smallest absolute Gasteiger partial charge is 0.148 e. The summed E-state index contributed by atoms with van der Waals surface area (Å²) in [5.41, 5.74) is 0. The molecule has 74 valence electrons. The summed E-state index contributed by atoms with van der Waals surface area (Å²) in [6.07, 6.45) is 3.51. The fraction of sp³-hybridized carbons (Fsp3) is 0.778. The van der Waals surface area contributed by atoms with Crippen molar-refractivity contribution in [3.63, 3.8) is 0 Å². The maximum atomic E-state index is 13.8. The number of nitriles is 2. The van der Waals surface area contributed by atoms with Crippen molar-refractivity contribution < 1.29 is 3.89 Å². The molecule has 0 N–H and O–H groups in total. The van der Waals surface area contributed by atoms with Crippen LogP contribution in [0.25, 0.3) is 0 Å². The van der Waals surface area contributed by atoms with Gasteiger partial charge in [-0.3, -0.25) is 0 Å². The first-order chi connectivity index (χ1) is 5.83. The molecular weight excluding hydrogens is 187 g/mol. The van der Waals surface area contributed by atoms with Gasteiger partial charge in [-0.1, -0.05) is 17.3 Å². The van der Waals surface area contributed by atoms with E-state index in [1.165, 1.54) is 12.5 Å². The van der Waals surface area contributed by atoms with E-state index in [-0.39, 0.29) is 0 Å². The van der Waals surface area contributed by atoms with Crippen LogP contribution in [-0.2, 0) is 0 Å². The van der Waals surface area contributed by atoms with Gasteiger partial charge in [0, 0.05) is 0 Å². The highest BCUT2D eigenvalue weighted by molar-refractivity contribution is 8.29. The summed E-state index contributed by atoms with van der Waals surface area (Å²) in [5, 5.41) is 17.5. The predicted octanol–water partition coefficient (Wildman–Crippen LogP) is 2.77. The van der Waals surface area contributed by atoms with E-state index in [0.29, 0.717) is 6.42 Å². The first kappa shape index (κ1) is 12.3. The summed E-state index contributed by atoms with van der Waals surface area (Å²) in [5.74, 6) is -0.854. The summed E-state index contributed by atoms with van der Waals surface area (Å²) in [6, 6.07) is 3.74. The maximum absolute atomic E-state index is 13.8. The summed E-state index contributed by atoms with van der Waals surface area (Å²) in [6.45, 7) is 3.50. The summed E-state index contributed by atoms with van der Waals surface area (Å²) in [7, 11) is -2.38. The van der Waals surface area contributed by atoms with Gasteiger partial charge < -0.3 is 0 Å². The van der Waals surface area contributed by atoms with Crippen LogP contribution < -0.4 is 0 Å². The molecule has 0 spiro atoms. The van der Waals surface area contributed by atoms with E-state index < -0.39 is 21.1 Å². The van der Waals surface area contributed by atoms with Crippen LogP contribution in [0.5, 0.6) is 0 Å². The topological polar surface area (TPSA) is 47.6 Å². The van der Waals surface area contributed by atoms with E-state index in [2.05, 4.69) is 0 Å². The molecule has 0 saturated carbocycles. The van der Waals surface area contributed by atoms with E-state index in [1.54, 1.807) is 6.92 Å². The lowest BCUT2D eigenvalue weighted by atomic mass is 9.93. The third-order valence-electron chi connectivity index (χ3n) is 2.68. The minimum Gasteiger partial charge on any atom is -0.197 e. The Balaban J connectivity index is 5.10. The Hall–Kier alpha value is -0.740. The van der Waals surface area contributed by atoms with Gasteiger partial charge in [-0.25, -0.2) is 0 Å². The van der Waals surface area contributed by atoms with Crippen molar-refractivity contribution in [1.82, 2.24) is 0 Å². The molecule has 0 aromatic rings. The van der Waals surface area contributed by atoms with Gasteiger partial charge in [0.1, 0.15) is 5.92 Å². The van der Waals surface area contributed by atoms with Crippen LogP contribution in [0.4, 0.5) is 3.89 Å². The molecule has 0 aliphatic carbocycles. The molecule has 0 aromatic heterocycles. The Kier molecular flexibility index (Phi) is 3.75. The molecule has 0 aliphatic heterocycles. The SMILES string of the molecule is CCC(C)(C(C#N)C#N)S(C)(C)F. The second-order valence-corrected chi connectivity index (χ2v) is 6.90. The summed E-state index contributed by atoms with van der Waals surface area (Å²) >= 11 is 0. The van der Waals surface area contributed by atoms with Gasteiger partial charge in [0.25, 0.3) is 0 Å². The van der Waals surface area contributed by atoms with Gasteiger partial charge in [-0.2, -0.15) is 14.4 Å². The molecule has 0 rings (SSSR count). The highest BCUT2D eigenvalue weighted by atomic mass is 32.3. The van der Waals surface area contributed by atoms with Crippen molar-refractivity contribution in [2.24, 2.45) is 5.92 Å². The van der Waals surface area contributed by atoms with Gasteiger partial charge in [0.15, 0.2) is 0 Å². The second kappa shape index (κ2) is 3.98. The highest BCUT2D eigenvalue weighted by Gasteiger charge is 2.43. The Bertz CT molecular complexity index is 244. The van der Waals surface area contributed by atoms with E-state index >= 15 is 0 Å². The largest absolute Gasteiger partial charge is 0.197 e. The third-order valence-corrected chi connectivity index (χ3v) is 5.42. The average Bonchev–Trinajstić information content (AvgIpc) is 2.04. The van der Waals surface area contributed by atoms with Gasteiger partial charge in [-0.05, 0) is 25.9 Å². The molecule has 0 radical (unpaired) electrons. The van der Waals surface area contributed by atoms with Crippen molar-refractivity contribution in [2.45, 2.75) is 25.0 Å². The first-order valence-corrected chi connectivity index (χ1v) is 6.40. The average molecular weight is 202 g/mol. The Morgan fingerprint density at radius 2 is 1.77 bits per heavy atom. The third kappa shape index (κ3) is 2.14. The van der Waals surface area contributed by atoms with Crippen LogP contribution in [0.1, 0.15) is 20.3 Å². The maximum Gasteiger partial charge on any atom is 0.148 e. The fourth-order valence-corrected chi connectivity index (χ4v) is 2.48. The van der Waals surface area contributed by atoms with Gasteiger partial charge in [0.05, 0.1) is 16.9 Å². The monoisotopic (exact) mass is 202 g/mol. The number of nitrogens with zero attached hydrogens (tertiary/aromatic N) is 2. The van der Waals surface area contributed by atoms with E-state index in [0.717, 1.165) is 0 Å². The van der Waals surface area contributed by atoms with Crippen LogP contribution in [0, 0.1) is 28.6 Å². The van der Waals surface area contributed by atoms with Crippen molar-refractivity contribution in [3.8, 4) is 12.1 Å². The minimum absolute atomic E-state index is 0.512.